The van der Waals surface area contributed by atoms with Crippen molar-refractivity contribution >= 4 is 11.5 Å². The monoisotopic (exact) mass is 264 g/mol. The molecular formula is C14H12N6. The lowest BCUT2D eigenvalue weighted by Gasteiger charge is -2.05. The molecule has 0 radical (unpaired) electrons. The van der Waals surface area contributed by atoms with Gasteiger partial charge in [0.25, 0.3) is 0 Å². The Morgan fingerprint density at radius 3 is 2.40 bits per heavy atom. The molecule has 98 valence electrons. The van der Waals surface area contributed by atoms with Crippen LogP contribution in [0.3, 0.4) is 0 Å². The SMILES string of the molecule is Nc1cc(N)nc(-c2ccnc(-c3cnccn3)c2)c1. The summed E-state index contributed by atoms with van der Waals surface area (Å²) in [5.74, 6) is 0.387. The van der Waals surface area contributed by atoms with Crippen molar-refractivity contribution < 1.29 is 0 Å². The van der Waals surface area contributed by atoms with Crippen LogP contribution < -0.4 is 11.5 Å². The van der Waals surface area contributed by atoms with Gasteiger partial charge < -0.3 is 11.5 Å². The average molecular weight is 264 g/mol. The number of hydrogen-bond acceptors (Lipinski definition) is 6. The molecule has 3 rings (SSSR count). The maximum atomic E-state index is 5.79. The van der Waals surface area contributed by atoms with Crippen molar-refractivity contribution in [2.75, 3.05) is 11.5 Å². The van der Waals surface area contributed by atoms with Gasteiger partial charge in [-0.1, -0.05) is 0 Å². The molecule has 0 aliphatic carbocycles. The third-order valence-corrected chi connectivity index (χ3v) is 2.75. The van der Waals surface area contributed by atoms with E-state index in [2.05, 4.69) is 19.9 Å². The highest BCUT2D eigenvalue weighted by atomic mass is 14.9. The molecule has 0 unspecified atom stereocenters. The molecule has 0 bridgehead atoms. The molecule has 6 heteroatoms. The molecule has 3 aromatic rings. The number of nitrogens with two attached hydrogens (primary N) is 2. The van der Waals surface area contributed by atoms with Crippen molar-refractivity contribution in [2.24, 2.45) is 0 Å². The molecule has 0 saturated heterocycles. The van der Waals surface area contributed by atoms with Gasteiger partial charge in [-0.15, -0.1) is 0 Å². The molecule has 20 heavy (non-hydrogen) atoms. The lowest BCUT2D eigenvalue weighted by atomic mass is 10.1. The Labute approximate surface area is 115 Å². The van der Waals surface area contributed by atoms with Crippen molar-refractivity contribution in [3.63, 3.8) is 0 Å². The van der Waals surface area contributed by atoms with E-state index in [9.17, 15) is 0 Å². The van der Waals surface area contributed by atoms with E-state index in [4.69, 9.17) is 11.5 Å². The van der Waals surface area contributed by atoms with Gasteiger partial charge in [-0.2, -0.15) is 0 Å². The van der Waals surface area contributed by atoms with Crippen LogP contribution in [0.5, 0.6) is 0 Å². The molecule has 0 aliphatic rings. The fourth-order valence-electron chi connectivity index (χ4n) is 1.88. The molecular weight excluding hydrogens is 252 g/mol. The highest BCUT2D eigenvalue weighted by Gasteiger charge is 2.06. The zero-order chi connectivity index (χ0) is 13.9. The minimum absolute atomic E-state index is 0.387. The van der Waals surface area contributed by atoms with Gasteiger partial charge in [0.2, 0.25) is 0 Å². The van der Waals surface area contributed by atoms with E-state index >= 15 is 0 Å². The van der Waals surface area contributed by atoms with Crippen molar-refractivity contribution in [2.45, 2.75) is 0 Å². The summed E-state index contributed by atoms with van der Waals surface area (Å²) in [4.78, 5) is 16.8. The molecule has 3 aromatic heterocycles. The minimum atomic E-state index is 0.387. The second-order valence-corrected chi connectivity index (χ2v) is 4.23. The third kappa shape index (κ3) is 2.39. The van der Waals surface area contributed by atoms with E-state index in [-0.39, 0.29) is 0 Å². The predicted molar refractivity (Wildman–Crippen MR) is 77.3 cm³/mol. The molecule has 6 nitrogen and oxygen atoms in total. The Hall–Kier alpha value is -3.02. The second kappa shape index (κ2) is 4.93. The summed E-state index contributed by atoms with van der Waals surface area (Å²) in [6, 6.07) is 7.12. The number of hydrogen-bond donors (Lipinski definition) is 2. The first-order valence-electron chi connectivity index (χ1n) is 5.98. The largest absolute Gasteiger partial charge is 0.399 e. The standard InChI is InChI=1S/C14H12N6/c15-10-6-11(20-14(16)7-10)9-1-2-18-12(5-9)13-8-17-3-4-19-13/h1-8H,(H4,15,16,20). The maximum Gasteiger partial charge on any atom is 0.126 e. The van der Waals surface area contributed by atoms with Crippen LogP contribution in [0.2, 0.25) is 0 Å². The fourth-order valence-corrected chi connectivity index (χ4v) is 1.88. The minimum Gasteiger partial charge on any atom is -0.399 e. The average Bonchev–Trinajstić information content (AvgIpc) is 2.47. The first-order chi connectivity index (χ1) is 9.72. The highest BCUT2D eigenvalue weighted by molar-refractivity contribution is 5.69. The van der Waals surface area contributed by atoms with E-state index in [0.29, 0.717) is 22.9 Å². The summed E-state index contributed by atoms with van der Waals surface area (Å²) in [5.41, 5.74) is 15.1. The zero-order valence-electron chi connectivity index (χ0n) is 10.6. The zero-order valence-corrected chi connectivity index (χ0v) is 10.6. The quantitative estimate of drug-likeness (QED) is 0.731. The number of rotatable bonds is 2. The Morgan fingerprint density at radius 2 is 1.65 bits per heavy atom. The molecule has 0 amide bonds. The second-order valence-electron chi connectivity index (χ2n) is 4.23. The Kier molecular flexibility index (Phi) is 2.96. The lowest BCUT2D eigenvalue weighted by molar-refractivity contribution is 1.17. The van der Waals surface area contributed by atoms with Gasteiger partial charge in [-0.25, -0.2) is 4.98 Å². The molecule has 0 atom stereocenters. The number of pyridine rings is 2. The van der Waals surface area contributed by atoms with E-state index < -0.39 is 0 Å². The summed E-state index contributed by atoms with van der Waals surface area (Å²) in [5, 5.41) is 0. The van der Waals surface area contributed by atoms with E-state index in [1.165, 1.54) is 0 Å². The van der Waals surface area contributed by atoms with Crippen LogP contribution in [0, 0.1) is 0 Å². The Balaban J connectivity index is 2.07. The van der Waals surface area contributed by atoms with E-state index in [0.717, 1.165) is 11.3 Å². The first-order valence-corrected chi connectivity index (χ1v) is 5.98. The third-order valence-electron chi connectivity index (χ3n) is 2.75. The molecule has 0 aliphatic heterocycles. The number of anilines is 2. The van der Waals surface area contributed by atoms with Gasteiger partial charge in [0, 0.05) is 35.9 Å². The van der Waals surface area contributed by atoms with Gasteiger partial charge in [-0.3, -0.25) is 15.0 Å². The number of nitrogen functional groups attached to an aromatic ring is 2. The Morgan fingerprint density at radius 1 is 0.800 bits per heavy atom. The maximum absolute atomic E-state index is 5.79. The summed E-state index contributed by atoms with van der Waals surface area (Å²) >= 11 is 0. The molecule has 0 saturated carbocycles. The van der Waals surface area contributed by atoms with Gasteiger partial charge in [0.05, 0.1) is 17.6 Å². The molecule has 0 aromatic carbocycles. The van der Waals surface area contributed by atoms with Crippen LogP contribution >= 0.6 is 0 Å². The first kappa shape index (κ1) is 12.0. The van der Waals surface area contributed by atoms with Crippen LogP contribution in [0.25, 0.3) is 22.6 Å². The van der Waals surface area contributed by atoms with Crippen LogP contribution in [0.4, 0.5) is 11.5 Å². The highest BCUT2D eigenvalue weighted by Crippen LogP contribution is 2.24. The van der Waals surface area contributed by atoms with Gasteiger partial charge >= 0.3 is 0 Å². The fraction of sp³-hybridized carbons (Fsp3) is 0. The van der Waals surface area contributed by atoms with E-state index in [1.54, 1.807) is 36.9 Å². The molecule has 0 spiro atoms. The van der Waals surface area contributed by atoms with Crippen molar-refractivity contribution in [1.29, 1.82) is 0 Å². The Bertz CT molecular complexity index is 721. The van der Waals surface area contributed by atoms with Gasteiger partial charge in [-0.05, 0) is 18.2 Å². The molecule has 3 heterocycles. The van der Waals surface area contributed by atoms with Crippen molar-refractivity contribution in [3.8, 4) is 22.6 Å². The van der Waals surface area contributed by atoms with Crippen molar-refractivity contribution in [1.82, 2.24) is 19.9 Å². The van der Waals surface area contributed by atoms with Crippen LogP contribution in [-0.4, -0.2) is 19.9 Å². The van der Waals surface area contributed by atoms with Crippen molar-refractivity contribution in [3.05, 3.63) is 49.1 Å². The summed E-state index contributed by atoms with van der Waals surface area (Å²) < 4.78 is 0. The number of nitrogens with zero attached hydrogens (tertiary/aromatic N) is 4. The smallest absolute Gasteiger partial charge is 0.126 e. The predicted octanol–water partition coefficient (Wildman–Crippen LogP) is 1.77. The van der Waals surface area contributed by atoms with Gasteiger partial charge in [0.1, 0.15) is 11.5 Å². The summed E-state index contributed by atoms with van der Waals surface area (Å²) in [6.45, 7) is 0. The van der Waals surface area contributed by atoms with Crippen LogP contribution in [0.1, 0.15) is 0 Å². The lowest BCUT2D eigenvalue weighted by Crippen LogP contribution is -1.96. The normalized spacial score (nSPS) is 10.4. The number of aromatic nitrogens is 4. The molecule has 0 fully saturated rings. The van der Waals surface area contributed by atoms with E-state index in [1.807, 2.05) is 12.1 Å². The van der Waals surface area contributed by atoms with Crippen LogP contribution in [0.15, 0.2) is 49.1 Å². The van der Waals surface area contributed by atoms with Gasteiger partial charge in [0.15, 0.2) is 0 Å². The topological polar surface area (TPSA) is 104 Å². The summed E-state index contributed by atoms with van der Waals surface area (Å²) in [7, 11) is 0. The summed E-state index contributed by atoms with van der Waals surface area (Å²) in [6.07, 6.45) is 6.60. The van der Waals surface area contributed by atoms with Crippen LogP contribution in [-0.2, 0) is 0 Å². The molecule has 4 N–H and O–H groups in total.